The fraction of sp³-hybridized carbons (Fsp3) is 0.318. The van der Waals surface area contributed by atoms with Crippen LogP contribution in [-0.4, -0.2) is 29.3 Å². The lowest BCUT2D eigenvalue weighted by atomic mass is 10.1. The molecular weight excluding hydrogens is 386 g/mol. The number of benzene rings is 2. The van der Waals surface area contributed by atoms with E-state index in [0.29, 0.717) is 22.7 Å². The molecule has 0 unspecified atom stereocenters. The third-order valence-corrected chi connectivity index (χ3v) is 5.14. The minimum absolute atomic E-state index is 0.181. The first-order chi connectivity index (χ1) is 14.3. The second kappa shape index (κ2) is 8.44. The monoisotopic (exact) mass is 411 g/mol. The van der Waals surface area contributed by atoms with Gasteiger partial charge >= 0.3 is 5.69 Å². The molecule has 8 heteroatoms. The summed E-state index contributed by atoms with van der Waals surface area (Å²) in [6.45, 7) is 5.58. The zero-order valence-corrected chi connectivity index (χ0v) is 17.7. The molecular formula is C22H25N3O5. The number of carbonyl (C=O) groups is 1. The summed E-state index contributed by atoms with van der Waals surface area (Å²) in [7, 11) is 2.93. The summed E-state index contributed by atoms with van der Waals surface area (Å²) in [5.74, 6) is 0.355. The second-order valence-electron chi connectivity index (χ2n) is 6.99. The predicted octanol–water partition coefficient (Wildman–Crippen LogP) is 2.46. The van der Waals surface area contributed by atoms with Gasteiger partial charge in [0.2, 0.25) is 5.91 Å². The number of aryl methyl sites for hydroxylation is 2. The van der Waals surface area contributed by atoms with Gasteiger partial charge in [0.05, 0.1) is 25.1 Å². The van der Waals surface area contributed by atoms with E-state index >= 15 is 0 Å². The number of rotatable bonds is 6. The van der Waals surface area contributed by atoms with E-state index in [-0.39, 0.29) is 24.4 Å². The van der Waals surface area contributed by atoms with Gasteiger partial charge in [0.1, 0.15) is 6.54 Å². The molecule has 0 aliphatic rings. The van der Waals surface area contributed by atoms with E-state index in [2.05, 4.69) is 5.32 Å². The number of anilines is 1. The number of methoxy groups -OCH3 is 2. The fourth-order valence-electron chi connectivity index (χ4n) is 3.34. The third kappa shape index (κ3) is 3.80. The molecule has 0 saturated heterocycles. The van der Waals surface area contributed by atoms with Gasteiger partial charge in [0.15, 0.2) is 11.5 Å². The standard InChI is InChI=1S/C22H25N3O5/c1-6-24-21(27)16-10-18(29-4)19(30-5)11-17(16)25(22(24)28)12-20(26)23-15-8-7-13(2)14(3)9-15/h7-11H,6,12H2,1-5H3,(H,23,26). The molecule has 0 radical (unpaired) electrons. The van der Waals surface area contributed by atoms with Crippen LogP contribution < -0.4 is 26.0 Å². The van der Waals surface area contributed by atoms with Crippen molar-refractivity contribution in [1.82, 2.24) is 9.13 Å². The lowest BCUT2D eigenvalue weighted by molar-refractivity contribution is -0.116. The number of amides is 1. The van der Waals surface area contributed by atoms with Crippen LogP contribution in [0.25, 0.3) is 10.9 Å². The lowest BCUT2D eigenvalue weighted by Crippen LogP contribution is -2.41. The largest absolute Gasteiger partial charge is 0.493 e. The fourth-order valence-corrected chi connectivity index (χ4v) is 3.34. The molecule has 158 valence electrons. The third-order valence-electron chi connectivity index (χ3n) is 5.14. The Morgan fingerprint density at radius 2 is 1.63 bits per heavy atom. The maximum Gasteiger partial charge on any atom is 0.331 e. The van der Waals surface area contributed by atoms with Crippen LogP contribution in [0.1, 0.15) is 18.1 Å². The van der Waals surface area contributed by atoms with Crippen molar-refractivity contribution in [2.45, 2.75) is 33.9 Å². The van der Waals surface area contributed by atoms with Crippen LogP contribution in [0, 0.1) is 13.8 Å². The van der Waals surface area contributed by atoms with Crippen LogP contribution in [0.2, 0.25) is 0 Å². The Balaban J connectivity index is 2.11. The van der Waals surface area contributed by atoms with E-state index < -0.39 is 11.2 Å². The molecule has 1 heterocycles. The zero-order valence-electron chi connectivity index (χ0n) is 17.7. The van der Waals surface area contributed by atoms with Gasteiger partial charge in [-0.2, -0.15) is 0 Å². The van der Waals surface area contributed by atoms with E-state index in [1.54, 1.807) is 13.0 Å². The van der Waals surface area contributed by atoms with Crippen molar-refractivity contribution in [3.05, 3.63) is 62.3 Å². The molecule has 1 aromatic heterocycles. The minimum atomic E-state index is -0.558. The molecule has 0 atom stereocenters. The van der Waals surface area contributed by atoms with Crippen LogP contribution in [0.3, 0.4) is 0 Å². The normalized spacial score (nSPS) is 10.8. The van der Waals surface area contributed by atoms with Crippen molar-refractivity contribution in [2.24, 2.45) is 0 Å². The summed E-state index contributed by atoms with van der Waals surface area (Å²) in [5.41, 5.74) is 2.12. The van der Waals surface area contributed by atoms with E-state index in [4.69, 9.17) is 9.47 Å². The molecule has 0 fully saturated rings. The maximum absolute atomic E-state index is 12.9. The van der Waals surface area contributed by atoms with Crippen LogP contribution >= 0.6 is 0 Å². The molecule has 8 nitrogen and oxygen atoms in total. The molecule has 30 heavy (non-hydrogen) atoms. The first kappa shape index (κ1) is 21.2. The minimum Gasteiger partial charge on any atom is -0.493 e. The van der Waals surface area contributed by atoms with Crippen LogP contribution in [-0.2, 0) is 17.9 Å². The van der Waals surface area contributed by atoms with E-state index in [0.717, 1.165) is 15.7 Å². The molecule has 1 amide bonds. The molecule has 3 aromatic rings. The maximum atomic E-state index is 12.9. The number of carbonyl (C=O) groups excluding carboxylic acids is 1. The zero-order chi connectivity index (χ0) is 22.0. The molecule has 2 aromatic carbocycles. The van der Waals surface area contributed by atoms with Gasteiger partial charge in [-0.05, 0) is 50.1 Å². The van der Waals surface area contributed by atoms with Gasteiger partial charge in [0.25, 0.3) is 5.56 Å². The Labute approximate surface area is 173 Å². The van der Waals surface area contributed by atoms with Crippen molar-refractivity contribution in [1.29, 1.82) is 0 Å². The quantitative estimate of drug-likeness (QED) is 0.673. The first-order valence-corrected chi connectivity index (χ1v) is 9.57. The number of fused-ring (bicyclic) bond motifs is 1. The van der Waals surface area contributed by atoms with E-state index in [1.807, 2.05) is 32.0 Å². The average Bonchev–Trinajstić information content (AvgIpc) is 2.73. The average molecular weight is 411 g/mol. The lowest BCUT2D eigenvalue weighted by Gasteiger charge is -2.16. The molecule has 0 spiro atoms. The van der Waals surface area contributed by atoms with E-state index in [1.165, 1.54) is 24.9 Å². The Hall–Kier alpha value is -3.55. The first-order valence-electron chi connectivity index (χ1n) is 9.57. The Kier molecular flexibility index (Phi) is 5.96. The van der Waals surface area contributed by atoms with Gasteiger partial charge in [-0.15, -0.1) is 0 Å². The summed E-state index contributed by atoms with van der Waals surface area (Å²) in [5, 5.41) is 3.08. The summed E-state index contributed by atoms with van der Waals surface area (Å²) in [4.78, 5) is 38.5. The highest BCUT2D eigenvalue weighted by atomic mass is 16.5. The van der Waals surface area contributed by atoms with Crippen molar-refractivity contribution in [3.8, 4) is 11.5 Å². The number of nitrogens with one attached hydrogen (secondary N) is 1. The second-order valence-corrected chi connectivity index (χ2v) is 6.99. The summed E-state index contributed by atoms with van der Waals surface area (Å²) in [6, 6.07) is 8.66. The number of aromatic nitrogens is 2. The molecule has 0 aliphatic carbocycles. The highest BCUT2D eigenvalue weighted by Crippen LogP contribution is 2.30. The molecule has 0 bridgehead atoms. The van der Waals surface area contributed by atoms with Gasteiger partial charge in [-0.25, -0.2) is 4.79 Å². The topological polar surface area (TPSA) is 91.6 Å². The highest BCUT2D eigenvalue weighted by molar-refractivity contribution is 5.92. The Morgan fingerprint density at radius 1 is 0.967 bits per heavy atom. The van der Waals surface area contributed by atoms with Crippen LogP contribution in [0.15, 0.2) is 39.9 Å². The van der Waals surface area contributed by atoms with Gasteiger partial charge in [-0.3, -0.25) is 18.7 Å². The number of hydrogen-bond acceptors (Lipinski definition) is 5. The number of ether oxygens (including phenoxy) is 2. The summed E-state index contributed by atoms with van der Waals surface area (Å²) >= 11 is 0. The predicted molar refractivity (Wildman–Crippen MR) is 116 cm³/mol. The van der Waals surface area contributed by atoms with Crippen molar-refractivity contribution < 1.29 is 14.3 Å². The highest BCUT2D eigenvalue weighted by Gasteiger charge is 2.18. The molecule has 1 N–H and O–H groups in total. The Bertz CT molecular complexity index is 1240. The Morgan fingerprint density at radius 3 is 2.23 bits per heavy atom. The molecule has 3 rings (SSSR count). The van der Waals surface area contributed by atoms with Crippen molar-refractivity contribution in [2.75, 3.05) is 19.5 Å². The SMILES string of the molecule is CCn1c(=O)c2cc(OC)c(OC)cc2n(CC(=O)Nc2ccc(C)c(C)c2)c1=O. The van der Waals surface area contributed by atoms with Crippen molar-refractivity contribution >= 4 is 22.5 Å². The molecule has 0 aliphatic heterocycles. The van der Waals surface area contributed by atoms with Gasteiger partial charge in [0, 0.05) is 18.3 Å². The van der Waals surface area contributed by atoms with E-state index in [9.17, 15) is 14.4 Å². The smallest absolute Gasteiger partial charge is 0.331 e. The number of nitrogens with zero attached hydrogens (tertiary/aromatic N) is 2. The van der Waals surface area contributed by atoms with Crippen molar-refractivity contribution in [3.63, 3.8) is 0 Å². The molecule has 0 saturated carbocycles. The van der Waals surface area contributed by atoms with Gasteiger partial charge in [-0.1, -0.05) is 6.07 Å². The summed E-state index contributed by atoms with van der Waals surface area (Å²) in [6.07, 6.45) is 0. The van der Waals surface area contributed by atoms with Gasteiger partial charge < -0.3 is 14.8 Å². The van der Waals surface area contributed by atoms with Crippen LogP contribution in [0.5, 0.6) is 11.5 Å². The van der Waals surface area contributed by atoms with Crippen LogP contribution in [0.4, 0.5) is 5.69 Å². The number of hydrogen-bond donors (Lipinski definition) is 1. The summed E-state index contributed by atoms with van der Waals surface area (Å²) < 4.78 is 13.0.